The van der Waals surface area contributed by atoms with Crippen LogP contribution in [-0.4, -0.2) is 22.7 Å². The molecule has 0 aromatic heterocycles. The van der Waals surface area contributed by atoms with E-state index in [0.717, 1.165) is 50.8 Å². The van der Waals surface area contributed by atoms with Gasteiger partial charge in [-0.1, -0.05) is 37.5 Å². The second-order valence-corrected chi connectivity index (χ2v) is 12.4. The van der Waals surface area contributed by atoms with Crippen molar-refractivity contribution in [3.05, 3.63) is 42.0 Å². The van der Waals surface area contributed by atoms with Crippen molar-refractivity contribution in [2.45, 2.75) is 114 Å². The fraction of sp³-hybridized carbons (Fsp3) is 0.645. The van der Waals surface area contributed by atoms with Gasteiger partial charge in [-0.2, -0.15) is 0 Å². The molecule has 5 saturated carbocycles. The van der Waals surface area contributed by atoms with Gasteiger partial charge >= 0.3 is 5.97 Å². The molecule has 4 heteroatoms. The Labute approximate surface area is 209 Å². The van der Waals surface area contributed by atoms with Gasteiger partial charge in [0, 0.05) is 12.1 Å². The minimum atomic E-state index is -0.583. The molecular weight excluding hydrogens is 434 g/mol. The molecule has 5 fully saturated rings. The zero-order valence-electron chi connectivity index (χ0n) is 21.1. The fourth-order valence-corrected chi connectivity index (χ4v) is 7.83. The third-order valence-corrected chi connectivity index (χ3v) is 10.5. The standard InChI is InChI=1S/C31H41NO3/c33-28(34)30-14-17-31(18-15-30,19-16-30)32-22-23-4-5-25-21-27(7-6-24(25)20-23)35-26-8-12-29(13-9-26)10-2-1-3-11-29/h4-7,20-21,26,32H,1-3,8-19,22H2,(H,33,34). The van der Waals surface area contributed by atoms with Gasteiger partial charge in [-0.25, -0.2) is 0 Å². The Hall–Kier alpha value is -2.07. The number of hydrogen-bond acceptors (Lipinski definition) is 3. The molecular formula is C31H41NO3. The molecule has 7 rings (SSSR count). The first kappa shape index (κ1) is 23.3. The maximum atomic E-state index is 11.7. The highest BCUT2D eigenvalue weighted by Crippen LogP contribution is 2.52. The van der Waals surface area contributed by atoms with Crippen LogP contribution in [-0.2, 0) is 11.3 Å². The monoisotopic (exact) mass is 475 g/mol. The van der Waals surface area contributed by atoms with Crippen molar-refractivity contribution in [1.29, 1.82) is 0 Å². The lowest BCUT2D eigenvalue weighted by molar-refractivity contribution is -0.156. The number of carboxylic acid groups (broad SMARTS) is 1. The molecule has 2 aromatic carbocycles. The number of carbonyl (C=O) groups is 1. The molecule has 5 aliphatic rings. The topological polar surface area (TPSA) is 58.6 Å². The van der Waals surface area contributed by atoms with Crippen LogP contribution in [0.5, 0.6) is 5.75 Å². The van der Waals surface area contributed by atoms with Crippen molar-refractivity contribution in [3.63, 3.8) is 0 Å². The van der Waals surface area contributed by atoms with E-state index in [2.05, 4.69) is 41.7 Å². The second kappa shape index (κ2) is 9.10. The number of aliphatic carboxylic acids is 1. The molecule has 0 unspecified atom stereocenters. The predicted octanol–water partition coefficient (Wildman–Crippen LogP) is 7.38. The van der Waals surface area contributed by atoms with Crippen molar-refractivity contribution >= 4 is 16.7 Å². The number of benzene rings is 2. The highest BCUT2D eigenvalue weighted by molar-refractivity contribution is 5.84. The van der Waals surface area contributed by atoms with Gasteiger partial charge in [-0.3, -0.25) is 4.79 Å². The van der Waals surface area contributed by atoms with Gasteiger partial charge in [0.1, 0.15) is 5.75 Å². The van der Waals surface area contributed by atoms with E-state index >= 15 is 0 Å². The second-order valence-electron chi connectivity index (χ2n) is 12.4. The van der Waals surface area contributed by atoms with Crippen LogP contribution in [0.1, 0.15) is 102 Å². The van der Waals surface area contributed by atoms with Gasteiger partial charge < -0.3 is 15.2 Å². The quantitative estimate of drug-likeness (QED) is 0.458. The van der Waals surface area contributed by atoms with E-state index in [0.29, 0.717) is 11.5 Å². The molecule has 2 N–H and O–H groups in total. The van der Waals surface area contributed by atoms with Crippen molar-refractivity contribution < 1.29 is 14.6 Å². The van der Waals surface area contributed by atoms with Crippen molar-refractivity contribution in [1.82, 2.24) is 5.32 Å². The Morgan fingerprint density at radius 2 is 1.49 bits per heavy atom. The number of ether oxygens (including phenoxy) is 1. The normalized spacial score (nSPS) is 30.5. The Kier molecular flexibility index (Phi) is 6.07. The Morgan fingerprint density at radius 3 is 2.17 bits per heavy atom. The van der Waals surface area contributed by atoms with E-state index in [1.807, 2.05) is 0 Å². The summed E-state index contributed by atoms with van der Waals surface area (Å²) in [4.78, 5) is 11.7. The molecule has 1 spiro atoms. The van der Waals surface area contributed by atoms with Gasteiger partial charge in [0.25, 0.3) is 0 Å². The van der Waals surface area contributed by atoms with E-state index in [4.69, 9.17) is 4.74 Å². The number of nitrogens with one attached hydrogen (secondary N) is 1. The third kappa shape index (κ3) is 4.59. The SMILES string of the molecule is O=C(O)C12CCC(NCc3ccc4cc(OC5CCC6(CCCCC6)CC5)ccc4c3)(CC1)CC2. The average molecular weight is 476 g/mol. The number of fused-ring (bicyclic) bond motifs is 4. The summed E-state index contributed by atoms with van der Waals surface area (Å²) in [7, 11) is 0. The molecule has 5 aliphatic carbocycles. The van der Waals surface area contributed by atoms with Gasteiger partial charge in [0.2, 0.25) is 0 Å². The van der Waals surface area contributed by atoms with Crippen molar-refractivity contribution in [2.75, 3.05) is 0 Å². The molecule has 2 bridgehead atoms. The van der Waals surface area contributed by atoms with Crippen LogP contribution < -0.4 is 10.1 Å². The average Bonchev–Trinajstić information content (AvgIpc) is 2.90. The summed E-state index contributed by atoms with van der Waals surface area (Å²) in [6.07, 6.45) is 18.1. The molecule has 0 saturated heterocycles. The molecule has 4 nitrogen and oxygen atoms in total. The molecule has 0 atom stereocenters. The molecule has 2 aromatic rings. The first-order valence-corrected chi connectivity index (χ1v) is 14.2. The molecule has 0 amide bonds. The Bertz CT molecular complexity index is 1050. The molecule has 0 aliphatic heterocycles. The summed E-state index contributed by atoms with van der Waals surface area (Å²) in [5.41, 5.74) is 1.62. The van der Waals surface area contributed by atoms with Crippen LogP contribution >= 0.6 is 0 Å². The van der Waals surface area contributed by atoms with Gasteiger partial charge in [0.15, 0.2) is 0 Å². The smallest absolute Gasteiger partial charge is 0.309 e. The lowest BCUT2D eigenvalue weighted by Crippen LogP contribution is -2.56. The maximum Gasteiger partial charge on any atom is 0.309 e. The van der Waals surface area contributed by atoms with E-state index in [1.165, 1.54) is 74.1 Å². The van der Waals surface area contributed by atoms with Crippen LogP contribution in [0.3, 0.4) is 0 Å². The van der Waals surface area contributed by atoms with Crippen LogP contribution in [0, 0.1) is 10.8 Å². The van der Waals surface area contributed by atoms with E-state index < -0.39 is 11.4 Å². The lowest BCUT2D eigenvalue weighted by Gasteiger charge is -2.51. The fourth-order valence-electron chi connectivity index (χ4n) is 7.83. The first-order chi connectivity index (χ1) is 17.0. The van der Waals surface area contributed by atoms with E-state index in [-0.39, 0.29) is 5.54 Å². The summed E-state index contributed by atoms with van der Waals surface area (Å²) >= 11 is 0. The minimum Gasteiger partial charge on any atom is -0.490 e. The predicted molar refractivity (Wildman–Crippen MR) is 140 cm³/mol. The van der Waals surface area contributed by atoms with Gasteiger partial charge in [-0.05, 0) is 117 Å². The molecule has 0 radical (unpaired) electrons. The molecule has 0 heterocycles. The molecule has 35 heavy (non-hydrogen) atoms. The highest BCUT2D eigenvalue weighted by Gasteiger charge is 2.52. The summed E-state index contributed by atoms with van der Waals surface area (Å²) in [6.45, 7) is 0.845. The number of hydrogen-bond donors (Lipinski definition) is 2. The third-order valence-electron chi connectivity index (χ3n) is 10.5. The zero-order chi connectivity index (χ0) is 23.9. The Morgan fingerprint density at radius 1 is 0.829 bits per heavy atom. The van der Waals surface area contributed by atoms with Crippen molar-refractivity contribution in [2.24, 2.45) is 10.8 Å². The van der Waals surface area contributed by atoms with E-state index in [1.54, 1.807) is 0 Å². The molecule has 188 valence electrons. The lowest BCUT2D eigenvalue weighted by atomic mass is 9.57. The Balaban J connectivity index is 1.05. The van der Waals surface area contributed by atoms with Gasteiger partial charge in [-0.15, -0.1) is 0 Å². The maximum absolute atomic E-state index is 11.7. The largest absolute Gasteiger partial charge is 0.490 e. The number of rotatable bonds is 6. The first-order valence-electron chi connectivity index (χ1n) is 14.2. The minimum absolute atomic E-state index is 0.125. The summed E-state index contributed by atoms with van der Waals surface area (Å²) < 4.78 is 6.46. The van der Waals surface area contributed by atoms with Crippen LogP contribution in [0.4, 0.5) is 0 Å². The summed E-state index contributed by atoms with van der Waals surface area (Å²) in [6, 6.07) is 13.3. The number of carboxylic acids is 1. The van der Waals surface area contributed by atoms with Crippen molar-refractivity contribution in [3.8, 4) is 5.75 Å². The van der Waals surface area contributed by atoms with Crippen LogP contribution in [0.15, 0.2) is 36.4 Å². The summed E-state index contributed by atoms with van der Waals surface area (Å²) in [5, 5.41) is 16.0. The van der Waals surface area contributed by atoms with Gasteiger partial charge in [0.05, 0.1) is 11.5 Å². The van der Waals surface area contributed by atoms with E-state index in [9.17, 15) is 9.90 Å². The summed E-state index contributed by atoms with van der Waals surface area (Å²) in [5.74, 6) is 0.429. The highest BCUT2D eigenvalue weighted by atomic mass is 16.5. The van der Waals surface area contributed by atoms with Crippen LogP contribution in [0.2, 0.25) is 0 Å². The van der Waals surface area contributed by atoms with Crippen LogP contribution in [0.25, 0.3) is 10.8 Å². The zero-order valence-corrected chi connectivity index (χ0v) is 21.1.